The fourth-order valence-electron chi connectivity index (χ4n) is 1.26. The van der Waals surface area contributed by atoms with Crippen molar-refractivity contribution in [1.29, 1.82) is 0 Å². The number of aromatic nitrogens is 1. The molecule has 0 fully saturated rings. The largest absolute Gasteiger partial charge is 0.481 e. The molecule has 0 saturated heterocycles. The number of ether oxygens (including phenoxy) is 1. The number of nitrogens with two attached hydrogens (primary N) is 1. The molecule has 0 unspecified atom stereocenters. The molecule has 1 heterocycles. The Morgan fingerprint density at radius 2 is 2.33 bits per heavy atom. The minimum absolute atomic E-state index is 0.138. The van der Waals surface area contributed by atoms with Gasteiger partial charge in [0.15, 0.2) is 0 Å². The van der Waals surface area contributed by atoms with Gasteiger partial charge in [0.1, 0.15) is 0 Å². The standard InChI is InChI=1S/C10H14N2O3/c1-10(11,5-9(13)14)7-3-4-8(15-2)12-6-7/h3-4,6H,5,11H2,1-2H3,(H,13,14)/t10-/m0/s1. The molecule has 0 aliphatic rings. The van der Waals surface area contributed by atoms with Gasteiger partial charge in [0.25, 0.3) is 0 Å². The summed E-state index contributed by atoms with van der Waals surface area (Å²) in [6.07, 6.45) is 1.39. The van der Waals surface area contributed by atoms with Crippen LogP contribution in [0.5, 0.6) is 5.88 Å². The Labute approximate surface area is 87.9 Å². The van der Waals surface area contributed by atoms with Gasteiger partial charge in [-0.3, -0.25) is 4.79 Å². The van der Waals surface area contributed by atoms with E-state index in [1.165, 1.54) is 13.3 Å². The van der Waals surface area contributed by atoms with Crippen LogP contribution >= 0.6 is 0 Å². The lowest BCUT2D eigenvalue weighted by Crippen LogP contribution is -2.35. The number of hydrogen-bond donors (Lipinski definition) is 2. The highest BCUT2D eigenvalue weighted by atomic mass is 16.5. The maximum Gasteiger partial charge on any atom is 0.305 e. The Kier molecular flexibility index (Phi) is 3.26. The van der Waals surface area contributed by atoms with E-state index in [4.69, 9.17) is 15.6 Å². The van der Waals surface area contributed by atoms with E-state index in [2.05, 4.69) is 4.98 Å². The first kappa shape index (κ1) is 11.5. The van der Waals surface area contributed by atoms with Crippen molar-refractivity contribution in [3.8, 4) is 5.88 Å². The number of carbonyl (C=O) groups is 1. The summed E-state index contributed by atoms with van der Waals surface area (Å²) in [5, 5.41) is 8.69. The average Bonchev–Trinajstić information content (AvgIpc) is 2.16. The van der Waals surface area contributed by atoms with E-state index in [-0.39, 0.29) is 6.42 Å². The van der Waals surface area contributed by atoms with Crippen molar-refractivity contribution in [3.63, 3.8) is 0 Å². The highest BCUT2D eigenvalue weighted by Crippen LogP contribution is 2.22. The molecule has 0 aliphatic heterocycles. The molecular formula is C10H14N2O3. The third-order valence-electron chi connectivity index (χ3n) is 2.12. The van der Waals surface area contributed by atoms with Gasteiger partial charge in [0, 0.05) is 12.3 Å². The smallest absolute Gasteiger partial charge is 0.305 e. The van der Waals surface area contributed by atoms with Crippen LogP contribution in [0, 0.1) is 0 Å². The molecule has 82 valence electrons. The molecule has 0 radical (unpaired) electrons. The predicted octanol–water partition coefficient (Wildman–Crippen LogP) is 0.739. The van der Waals surface area contributed by atoms with Crippen LogP contribution in [0.15, 0.2) is 18.3 Å². The van der Waals surface area contributed by atoms with Gasteiger partial charge in [0.2, 0.25) is 5.88 Å². The third-order valence-corrected chi connectivity index (χ3v) is 2.12. The van der Waals surface area contributed by atoms with E-state index in [9.17, 15) is 4.79 Å². The van der Waals surface area contributed by atoms with Crippen molar-refractivity contribution >= 4 is 5.97 Å². The quantitative estimate of drug-likeness (QED) is 0.765. The van der Waals surface area contributed by atoms with Crippen LogP contribution in [0.1, 0.15) is 18.9 Å². The predicted molar refractivity (Wildman–Crippen MR) is 54.6 cm³/mol. The van der Waals surface area contributed by atoms with Gasteiger partial charge in [-0.15, -0.1) is 0 Å². The number of carboxylic acids is 1. The van der Waals surface area contributed by atoms with Gasteiger partial charge < -0.3 is 15.6 Å². The zero-order chi connectivity index (χ0) is 11.5. The molecule has 0 saturated carbocycles. The second-order valence-electron chi connectivity index (χ2n) is 3.58. The van der Waals surface area contributed by atoms with Gasteiger partial charge in [-0.25, -0.2) is 4.98 Å². The first-order chi connectivity index (χ1) is 6.95. The lowest BCUT2D eigenvalue weighted by atomic mass is 9.91. The van der Waals surface area contributed by atoms with E-state index in [1.54, 1.807) is 19.1 Å². The summed E-state index contributed by atoms with van der Waals surface area (Å²) in [5.41, 5.74) is 5.63. The molecule has 1 rings (SSSR count). The minimum Gasteiger partial charge on any atom is -0.481 e. The number of hydrogen-bond acceptors (Lipinski definition) is 4. The summed E-state index contributed by atoms with van der Waals surface area (Å²) in [4.78, 5) is 14.6. The molecular weight excluding hydrogens is 196 g/mol. The Bertz CT molecular complexity index is 346. The van der Waals surface area contributed by atoms with E-state index in [1.807, 2.05) is 0 Å². The topological polar surface area (TPSA) is 85.4 Å². The molecule has 1 aromatic heterocycles. The van der Waals surface area contributed by atoms with Crippen molar-refractivity contribution in [3.05, 3.63) is 23.9 Å². The van der Waals surface area contributed by atoms with Crippen LogP contribution in [0.4, 0.5) is 0 Å². The summed E-state index contributed by atoms with van der Waals surface area (Å²) < 4.78 is 4.89. The lowest BCUT2D eigenvalue weighted by Gasteiger charge is -2.22. The second-order valence-corrected chi connectivity index (χ2v) is 3.58. The Balaban J connectivity index is 2.89. The van der Waals surface area contributed by atoms with E-state index < -0.39 is 11.5 Å². The maximum absolute atomic E-state index is 10.6. The Morgan fingerprint density at radius 3 is 2.73 bits per heavy atom. The Morgan fingerprint density at radius 1 is 1.67 bits per heavy atom. The van der Waals surface area contributed by atoms with Crippen molar-refractivity contribution in [1.82, 2.24) is 4.98 Å². The Hall–Kier alpha value is -1.62. The van der Waals surface area contributed by atoms with Crippen molar-refractivity contribution < 1.29 is 14.6 Å². The van der Waals surface area contributed by atoms with Crippen LogP contribution in [0.25, 0.3) is 0 Å². The molecule has 5 nitrogen and oxygen atoms in total. The number of aliphatic carboxylic acids is 1. The third kappa shape index (κ3) is 2.92. The molecule has 1 atom stereocenters. The van der Waals surface area contributed by atoms with Crippen molar-refractivity contribution in [2.24, 2.45) is 5.73 Å². The van der Waals surface area contributed by atoms with E-state index in [0.29, 0.717) is 11.4 Å². The van der Waals surface area contributed by atoms with E-state index in [0.717, 1.165) is 0 Å². The van der Waals surface area contributed by atoms with Crippen LogP contribution in [-0.2, 0) is 10.3 Å². The van der Waals surface area contributed by atoms with Gasteiger partial charge in [-0.2, -0.15) is 0 Å². The molecule has 0 bridgehead atoms. The average molecular weight is 210 g/mol. The van der Waals surface area contributed by atoms with Crippen molar-refractivity contribution in [2.75, 3.05) is 7.11 Å². The van der Waals surface area contributed by atoms with Crippen LogP contribution in [-0.4, -0.2) is 23.2 Å². The lowest BCUT2D eigenvalue weighted by molar-refractivity contribution is -0.138. The van der Waals surface area contributed by atoms with Crippen LogP contribution in [0.3, 0.4) is 0 Å². The van der Waals surface area contributed by atoms with Gasteiger partial charge in [-0.05, 0) is 12.5 Å². The zero-order valence-electron chi connectivity index (χ0n) is 8.73. The second kappa shape index (κ2) is 4.27. The minimum atomic E-state index is -0.934. The highest BCUT2D eigenvalue weighted by Gasteiger charge is 2.24. The summed E-state index contributed by atoms with van der Waals surface area (Å²) in [6.45, 7) is 1.66. The number of nitrogens with zero attached hydrogens (tertiary/aromatic N) is 1. The monoisotopic (exact) mass is 210 g/mol. The summed E-state index contributed by atoms with van der Waals surface area (Å²) in [5.74, 6) is -0.458. The fourth-order valence-corrected chi connectivity index (χ4v) is 1.26. The molecule has 0 amide bonds. The molecule has 0 spiro atoms. The highest BCUT2D eigenvalue weighted by molar-refractivity contribution is 5.68. The van der Waals surface area contributed by atoms with Gasteiger partial charge >= 0.3 is 5.97 Å². The molecule has 15 heavy (non-hydrogen) atoms. The van der Waals surface area contributed by atoms with E-state index >= 15 is 0 Å². The molecule has 5 heteroatoms. The molecule has 3 N–H and O–H groups in total. The number of methoxy groups -OCH3 is 1. The normalized spacial score (nSPS) is 14.3. The molecule has 0 aromatic carbocycles. The number of carboxylic acid groups (broad SMARTS) is 1. The van der Waals surface area contributed by atoms with Crippen LogP contribution < -0.4 is 10.5 Å². The maximum atomic E-state index is 10.6. The summed E-state index contributed by atoms with van der Waals surface area (Å²) in [7, 11) is 1.51. The van der Waals surface area contributed by atoms with Gasteiger partial charge in [0.05, 0.1) is 19.1 Å². The number of rotatable bonds is 4. The summed E-state index contributed by atoms with van der Waals surface area (Å²) >= 11 is 0. The first-order valence-electron chi connectivity index (χ1n) is 4.47. The first-order valence-corrected chi connectivity index (χ1v) is 4.47. The number of pyridine rings is 1. The van der Waals surface area contributed by atoms with Gasteiger partial charge in [-0.1, -0.05) is 6.07 Å². The van der Waals surface area contributed by atoms with Crippen LogP contribution in [0.2, 0.25) is 0 Å². The zero-order valence-corrected chi connectivity index (χ0v) is 8.73. The molecule has 1 aromatic rings. The van der Waals surface area contributed by atoms with Crippen molar-refractivity contribution in [2.45, 2.75) is 18.9 Å². The summed E-state index contributed by atoms with van der Waals surface area (Å²) in [6, 6.07) is 3.37. The molecule has 0 aliphatic carbocycles. The SMILES string of the molecule is COc1ccc([C@@](C)(N)CC(=O)O)cn1. The fraction of sp³-hybridized carbons (Fsp3) is 0.400.